The average Bonchev–Trinajstić information content (AvgIpc) is 3.04. The first-order valence-electron chi connectivity index (χ1n) is 13.7. The summed E-state index contributed by atoms with van der Waals surface area (Å²) in [5, 5.41) is 9.08. The number of carbonyl (C=O) groups excluding carboxylic acids is 3. The molecule has 9 nitrogen and oxygen atoms in total. The van der Waals surface area contributed by atoms with Gasteiger partial charge in [-0.05, 0) is 49.4 Å². The van der Waals surface area contributed by atoms with Crippen LogP contribution in [-0.2, 0) is 19.6 Å². The zero-order valence-corrected chi connectivity index (χ0v) is 23.4. The van der Waals surface area contributed by atoms with E-state index < -0.39 is 22.0 Å². The number of nitrogens with one attached hydrogen (secondary N) is 3. The van der Waals surface area contributed by atoms with Gasteiger partial charge in [0.05, 0.1) is 24.2 Å². The molecule has 3 N–H and O–H groups in total. The zero-order chi connectivity index (χ0) is 28.0. The van der Waals surface area contributed by atoms with Crippen molar-refractivity contribution in [3.05, 3.63) is 60.2 Å². The molecule has 2 aromatic rings. The second kappa shape index (κ2) is 12.7. The van der Waals surface area contributed by atoms with Crippen molar-refractivity contribution < 1.29 is 22.8 Å². The fourth-order valence-electron chi connectivity index (χ4n) is 5.34. The lowest BCUT2D eigenvalue weighted by molar-refractivity contribution is -0.131. The van der Waals surface area contributed by atoms with Crippen molar-refractivity contribution in [3.8, 4) is 0 Å². The van der Waals surface area contributed by atoms with E-state index in [1.807, 2.05) is 19.9 Å². The number of Topliss-reactive ketones (excluding diaryl/α,β-unsaturated/α-hetero) is 1. The van der Waals surface area contributed by atoms with E-state index in [4.69, 9.17) is 0 Å². The number of anilines is 1. The van der Waals surface area contributed by atoms with Gasteiger partial charge < -0.3 is 16.0 Å². The number of rotatable bonds is 9. The Hall–Kier alpha value is -3.24. The van der Waals surface area contributed by atoms with E-state index in [1.165, 1.54) is 10.4 Å². The van der Waals surface area contributed by atoms with Gasteiger partial charge in [0, 0.05) is 24.7 Å². The molecule has 0 bridgehead atoms. The minimum absolute atomic E-state index is 0.0994. The maximum Gasteiger partial charge on any atom is 0.251 e. The monoisotopic (exact) mass is 554 g/mol. The van der Waals surface area contributed by atoms with Crippen LogP contribution < -0.4 is 16.0 Å². The van der Waals surface area contributed by atoms with Crippen molar-refractivity contribution >= 4 is 33.3 Å². The smallest absolute Gasteiger partial charge is 0.251 e. The molecular formula is C29H38N4O5S. The third kappa shape index (κ3) is 7.05. The Morgan fingerprint density at radius 2 is 1.69 bits per heavy atom. The third-order valence-electron chi connectivity index (χ3n) is 7.38. The van der Waals surface area contributed by atoms with Crippen LogP contribution in [0.2, 0.25) is 0 Å². The molecule has 0 saturated heterocycles. The highest BCUT2D eigenvalue weighted by Crippen LogP contribution is 2.28. The number of fused-ring (bicyclic) bond motifs is 1. The molecule has 3 atom stereocenters. The first-order valence-corrected chi connectivity index (χ1v) is 15.1. The second-order valence-corrected chi connectivity index (χ2v) is 12.7. The predicted molar refractivity (Wildman–Crippen MR) is 150 cm³/mol. The quantitative estimate of drug-likeness (QED) is 0.437. The molecule has 0 spiro atoms. The van der Waals surface area contributed by atoms with Gasteiger partial charge in [-0.3, -0.25) is 14.4 Å². The maximum atomic E-state index is 13.5. The third-order valence-corrected chi connectivity index (χ3v) is 9.28. The van der Waals surface area contributed by atoms with Crippen LogP contribution in [0.4, 0.5) is 5.69 Å². The first kappa shape index (κ1) is 28.8. The molecule has 2 aliphatic rings. The molecule has 1 aliphatic heterocycles. The molecule has 4 rings (SSSR count). The van der Waals surface area contributed by atoms with E-state index in [1.54, 1.807) is 42.5 Å². The van der Waals surface area contributed by atoms with Gasteiger partial charge in [-0.15, -0.1) is 0 Å². The summed E-state index contributed by atoms with van der Waals surface area (Å²) in [6.07, 6.45) is 3.44. The molecule has 10 heteroatoms. The number of sulfonamides is 1. The van der Waals surface area contributed by atoms with Gasteiger partial charge in [0.15, 0.2) is 5.78 Å². The fourth-order valence-corrected chi connectivity index (χ4v) is 6.92. The lowest BCUT2D eigenvalue weighted by Crippen LogP contribution is -2.53. The number of nitrogens with zero attached hydrogens (tertiary/aromatic N) is 1. The van der Waals surface area contributed by atoms with E-state index in [9.17, 15) is 22.8 Å². The minimum atomic E-state index is -3.88. The molecule has 2 aromatic carbocycles. The van der Waals surface area contributed by atoms with Crippen LogP contribution in [0.1, 0.15) is 56.3 Å². The lowest BCUT2D eigenvalue weighted by atomic mass is 9.83. The van der Waals surface area contributed by atoms with E-state index in [-0.39, 0.29) is 47.5 Å². The highest BCUT2D eigenvalue weighted by atomic mass is 32.2. The SMILES string of the molecule is CC(C)C[C@H](NC(=O)[C@@H]1CCCC[C@@H]1NC(=O)c1ccccc1)C(=O)CN1CCNc2ccccc2S1(=O)=O. The first-order chi connectivity index (χ1) is 18.7. The van der Waals surface area contributed by atoms with Gasteiger partial charge in [0.25, 0.3) is 5.91 Å². The average molecular weight is 555 g/mol. The van der Waals surface area contributed by atoms with Crippen LogP contribution in [0.3, 0.4) is 0 Å². The van der Waals surface area contributed by atoms with Crippen LogP contribution in [0, 0.1) is 11.8 Å². The molecule has 1 aliphatic carbocycles. The Kier molecular flexibility index (Phi) is 9.40. The van der Waals surface area contributed by atoms with Crippen LogP contribution in [0.15, 0.2) is 59.5 Å². The van der Waals surface area contributed by atoms with Crippen LogP contribution in [-0.4, -0.2) is 62.0 Å². The van der Waals surface area contributed by atoms with Crippen molar-refractivity contribution in [1.29, 1.82) is 0 Å². The fraction of sp³-hybridized carbons (Fsp3) is 0.483. The molecule has 39 heavy (non-hydrogen) atoms. The highest BCUT2D eigenvalue weighted by Gasteiger charge is 2.36. The summed E-state index contributed by atoms with van der Waals surface area (Å²) in [4.78, 5) is 39.9. The molecule has 1 fully saturated rings. The van der Waals surface area contributed by atoms with Gasteiger partial charge in [-0.2, -0.15) is 4.31 Å². The standard InChI is InChI=1S/C29H38N4O5S/c1-20(2)18-25(26(34)19-33-17-16-30-24-14-8-9-15-27(24)39(33,37)38)32-29(36)22-12-6-7-13-23(22)31-28(35)21-10-4-3-5-11-21/h3-5,8-11,14-15,20,22-23,25,30H,6-7,12-13,16-19H2,1-2H3,(H,31,35)(H,32,36)/t22-,23+,25+/m1/s1. The molecule has 2 amide bonds. The Balaban J connectivity index is 1.47. The summed E-state index contributed by atoms with van der Waals surface area (Å²) >= 11 is 0. The number of benzene rings is 2. The summed E-state index contributed by atoms with van der Waals surface area (Å²) in [5.41, 5.74) is 1.05. The normalized spacial score (nSPS) is 21.6. The van der Waals surface area contributed by atoms with Crippen molar-refractivity contribution in [2.75, 3.05) is 25.0 Å². The topological polar surface area (TPSA) is 125 Å². The minimum Gasteiger partial charge on any atom is -0.383 e. The largest absolute Gasteiger partial charge is 0.383 e. The summed E-state index contributed by atoms with van der Waals surface area (Å²) in [6.45, 7) is 4.10. The number of carbonyl (C=O) groups is 3. The Labute approximate surface area is 230 Å². The van der Waals surface area contributed by atoms with E-state index in [0.29, 0.717) is 37.1 Å². The van der Waals surface area contributed by atoms with Gasteiger partial charge in [-0.1, -0.05) is 57.0 Å². The van der Waals surface area contributed by atoms with E-state index in [2.05, 4.69) is 16.0 Å². The molecule has 1 saturated carbocycles. The number of para-hydroxylation sites is 1. The van der Waals surface area contributed by atoms with Crippen molar-refractivity contribution in [2.45, 2.75) is 62.9 Å². The summed E-state index contributed by atoms with van der Waals surface area (Å²) < 4.78 is 27.9. The van der Waals surface area contributed by atoms with E-state index in [0.717, 1.165) is 12.8 Å². The zero-order valence-electron chi connectivity index (χ0n) is 22.6. The van der Waals surface area contributed by atoms with Gasteiger partial charge >= 0.3 is 0 Å². The molecule has 210 valence electrons. The Morgan fingerprint density at radius 1 is 1.00 bits per heavy atom. The summed E-state index contributed by atoms with van der Waals surface area (Å²) in [5.74, 6) is -1.22. The molecule has 0 unspecified atom stereocenters. The van der Waals surface area contributed by atoms with Crippen LogP contribution in [0.25, 0.3) is 0 Å². The second-order valence-electron chi connectivity index (χ2n) is 10.8. The number of hydrogen-bond acceptors (Lipinski definition) is 6. The van der Waals surface area contributed by atoms with Crippen molar-refractivity contribution in [2.24, 2.45) is 11.8 Å². The summed E-state index contributed by atoms with van der Waals surface area (Å²) in [7, 11) is -3.88. The Morgan fingerprint density at radius 3 is 2.44 bits per heavy atom. The Bertz CT molecular complexity index is 1280. The van der Waals surface area contributed by atoms with Gasteiger partial charge in [0.2, 0.25) is 15.9 Å². The summed E-state index contributed by atoms with van der Waals surface area (Å²) in [6, 6.07) is 14.4. The van der Waals surface area contributed by atoms with E-state index >= 15 is 0 Å². The lowest BCUT2D eigenvalue weighted by Gasteiger charge is -2.33. The number of ketones is 1. The van der Waals surface area contributed by atoms with Crippen molar-refractivity contribution in [1.82, 2.24) is 14.9 Å². The molecule has 0 aromatic heterocycles. The molecule has 1 heterocycles. The highest BCUT2D eigenvalue weighted by molar-refractivity contribution is 7.89. The molecular weight excluding hydrogens is 516 g/mol. The van der Waals surface area contributed by atoms with Crippen LogP contribution in [0.5, 0.6) is 0 Å². The number of hydrogen-bond donors (Lipinski definition) is 3. The van der Waals surface area contributed by atoms with Gasteiger partial charge in [0.1, 0.15) is 4.90 Å². The van der Waals surface area contributed by atoms with Crippen LogP contribution >= 0.6 is 0 Å². The predicted octanol–water partition coefficient (Wildman–Crippen LogP) is 3.19. The van der Waals surface area contributed by atoms with Crippen molar-refractivity contribution in [3.63, 3.8) is 0 Å². The number of amides is 2. The maximum absolute atomic E-state index is 13.5. The molecule has 0 radical (unpaired) electrons. The van der Waals surface area contributed by atoms with Gasteiger partial charge in [-0.25, -0.2) is 8.42 Å².